The molecule has 1 aliphatic heterocycles. The van der Waals surface area contributed by atoms with E-state index in [0.717, 1.165) is 48.9 Å². The first-order valence-corrected chi connectivity index (χ1v) is 12.1. The molecule has 1 aromatic heterocycles. The van der Waals surface area contributed by atoms with Crippen LogP contribution in [0.15, 0.2) is 47.3 Å². The molecule has 2 aromatic carbocycles. The molecule has 0 spiro atoms. The fourth-order valence-corrected chi connectivity index (χ4v) is 4.20. The minimum absolute atomic E-state index is 0.0740. The van der Waals surface area contributed by atoms with Crippen LogP contribution in [0.3, 0.4) is 0 Å². The lowest BCUT2D eigenvalue weighted by atomic mass is 9.95. The van der Waals surface area contributed by atoms with Crippen LogP contribution in [-0.4, -0.2) is 51.7 Å². The van der Waals surface area contributed by atoms with E-state index in [1.807, 2.05) is 0 Å². The first-order valence-electron chi connectivity index (χ1n) is 12.1. The number of ketones is 1. The van der Waals surface area contributed by atoms with Crippen LogP contribution in [0.4, 0.5) is 13.2 Å². The number of fused-ring (bicyclic) bond motifs is 1. The second kappa shape index (κ2) is 11.7. The molecule has 12 heteroatoms. The Morgan fingerprint density at radius 1 is 1.13 bits per heavy atom. The summed E-state index contributed by atoms with van der Waals surface area (Å²) in [6.45, 7) is 1.82. The third-order valence-electron chi connectivity index (χ3n) is 6.52. The Balaban J connectivity index is 1.36. The van der Waals surface area contributed by atoms with Crippen molar-refractivity contribution < 1.29 is 37.3 Å². The SMILES string of the molecule is O=C(CC(CCn1nnc2cc(C(F)(F)F)ccc2c1=O)C(=O)O)c1ccc(OCC2CCOCC2)cc1. The van der Waals surface area contributed by atoms with Gasteiger partial charge in [-0.15, -0.1) is 5.10 Å². The number of aryl methyl sites for hydroxylation is 1. The summed E-state index contributed by atoms with van der Waals surface area (Å²) in [7, 11) is 0. The lowest BCUT2D eigenvalue weighted by Gasteiger charge is -2.22. The van der Waals surface area contributed by atoms with E-state index < -0.39 is 29.2 Å². The number of hydrogen-bond donors (Lipinski definition) is 1. The maximum absolute atomic E-state index is 12.9. The average Bonchev–Trinajstić information content (AvgIpc) is 2.90. The summed E-state index contributed by atoms with van der Waals surface area (Å²) >= 11 is 0. The topological polar surface area (TPSA) is 121 Å². The van der Waals surface area contributed by atoms with Gasteiger partial charge in [-0.05, 0) is 67.6 Å². The molecule has 1 atom stereocenters. The summed E-state index contributed by atoms with van der Waals surface area (Å²) < 4.78 is 50.7. The smallest absolute Gasteiger partial charge is 0.416 e. The van der Waals surface area contributed by atoms with E-state index in [9.17, 15) is 32.7 Å². The van der Waals surface area contributed by atoms with Crippen molar-refractivity contribution in [1.29, 1.82) is 0 Å². The molecule has 3 aromatic rings. The highest BCUT2D eigenvalue weighted by molar-refractivity contribution is 5.98. The molecule has 0 amide bonds. The van der Waals surface area contributed by atoms with Crippen molar-refractivity contribution >= 4 is 22.7 Å². The van der Waals surface area contributed by atoms with E-state index in [2.05, 4.69) is 10.3 Å². The van der Waals surface area contributed by atoms with E-state index in [1.165, 1.54) is 0 Å². The van der Waals surface area contributed by atoms with Crippen LogP contribution >= 0.6 is 0 Å². The molecule has 1 aliphatic rings. The van der Waals surface area contributed by atoms with Crippen LogP contribution in [-0.2, 0) is 22.3 Å². The van der Waals surface area contributed by atoms with Gasteiger partial charge in [0.2, 0.25) is 0 Å². The number of alkyl halides is 3. The minimum Gasteiger partial charge on any atom is -0.493 e. The van der Waals surface area contributed by atoms with Crippen LogP contribution in [0.2, 0.25) is 0 Å². The number of aliphatic carboxylic acids is 1. The normalized spacial score (nSPS) is 15.3. The molecule has 9 nitrogen and oxygen atoms in total. The molecule has 0 radical (unpaired) electrons. The number of carbonyl (C=O) groups is 2. The summed E-state index contributed by atoms with van der Waals surface area (Å²) in [4.78, 5) is 37.2. The molecule has 4 rings (SSSR count). The zero-order chi connectivity index (χ0) is 27.3. The monoisotopic (exact) mass is 533 g/mol. The van der Waals surface area contributed by atoms with Gasteiger partial charge in [-0.3, -0.25) is 14.4 Å². The Morgan fingerprint density at radius 2 is 1.84 bits per heavy atom. The number of carbonyl (C=O) groups excluding carboxylic acids is 1. The Labute approximate surface area is 215 Å². The summed E-state index contributed by atoms with van der Waals surface area (Å²) in [5.41, 5.74) is -1.54. The highest BCUT2D eigenvalue weighted by Crippen LogP contribution is 2.30. The van der Waals surface area contributed by atoms with Gasteiger partial charge in [0.25, 0.3) is 5.56 Å². The quantitative estimate of drug-likeness (QED) is 0.389. The maximum atomic E-state index is 12.9. The fourth-order valence-electron chi connectivity index (χ4n) is 4.20. The predicted molar refractivity (Wildman–Crippen MR) is 129 cm³/mol. The number of rotatable bonds is 10. The average molecular weight is 534 g/mol. The molecule has 38 heavy (non-hydrogen) atoms. The number of Topliss-reactive ketones (excluding diaryl/α,β-unsaturated/α-hetero) is 1. The van der Waals surface area contributed by atoms with Crippen molar-refractivity contribution in [2.24, 2.45) is 11.8 Å². The fraction of sp³-hybridized carbons (Fsp3) is 0.423. The highest BCUT2D eigenvalue weighted by atomic mass is 19.4. The van der Waals surface area contributed by atoms with Crippen molar-refractivity contribution in [3.63, 3.8) is 0 Å². The largest absolute Gasteiger partial charge is 0.493 e. The van der Waals surface area contributed by atoms with Gasteiger partial charge in [0.1, 0.15) is 11.3 Å². The number of hydrogen-bond acceptors (Lipinski definition) is 7. The summed E-state index contributed by atoms with van der Waals surface area (Å²) in [6, 6.07) is 9.00. The van der Waals surface area contributed by atoms with Gasteiger partial charge in [0.05, 0.1) is 23.5 Å². The van der Waals surface area contributed by atoms with Gasteiger partial charge < -0.3 is 14.6 Å². The van der Waals surface area contributed by atoms with Crippen molar-refractivity contribution in [1.82, 2.24) is 15.0 Å². The molecule has 0 saturated carbocycles. The number of carboxylic acid groups (broad SMARTS) is 1. The van der Waals surface area contributed by atoms with Crippen LogP contribution < -0.4 is 10.3 Å². The Bertz CT molecular complexity index is 1350. The minimum atomic E-state index is -4.59. The van der Waals surface area contributed by atoms with Crippen molar-refractivity contribution in [3.05, 3.63) is 63.9 Å². The number of halogens is 3. The van der Waals surface area contributed by atoms with E-state index in [-0.39, 0.29) is 36.1 Å². The van der Waals surface area contributed by atoms with E-state index >= 15 is 0 Å². The highest BCUT2D eigenvalue weighted by Gasteiger charge is 2.31. The predicted octanol–water partition coefficient (Wildman–Crippen LogP) is 3.98. The summed E-state index contributed by atoms with van der Waals surface area (Å²) in [6.07, 6.45) is -3.13. The molecular weight excluding hydrogens is 507 g/mol. The van der Waals surface area contributed by atoms with E-state index in [0.29, 0.717) is 23.8 Å². The third-order valence-corrected chi connectivity index (χ3v) is 6.52. The van der Waals surface area contributed by atoms with Crippen LogP contribution in [0.1, 0.15) is 41.6 Å². The van der Waals surface area contributed by atoms with Gasteiger partial charge in [-0.1, -0.05) is 5.21 Å². The summed E-state index contributed by atoms with van der Waals surface area (Å²) in [5, 5.41) is 16.9. The molecule has 202 valence electrons. The Morgan fingerprint density at radius 3 is 2.50 bits per heavy atom. The zero-order valence-electron chi connectivity index (χ0n) is 20.3. The van der Waals surface area contributed by atoms with E-state index in [4.69, 9.17) is 9.47 Å². The third kappa shape index (κ3) is 6.74. The first-order chi connectivity index (χ1) is 18.1. The number of carboxylic acids is 1. The molecule has 1 fully saturated rings. The number of nitrogens with zero attached hydrogens (tertiary/aromatic N) is 3. The van der Waals surface area contributed by atoms with Gasteiger partial charge in [-0.25, -0.2) is 4.68 Å². The maximum Gasteiger partial charge on any atom is 0.416 e. The molecule has 1 N–H and O–H groups in total. The van der Waals surface area contributed by atoms with Gasteiger partial charge in [0.15, 0.2) is 5.78 Å². The van der Waals surface area contributed by atoms with Gasteiger partial charge in [-0.2, -0.15) is 13.2 Å². The first kappa shape index (κ1) is 27.2. The number of ether oxygens (including phenoxy) is 2. The standard InChI is InChI=1S/C26H26F3N3O6/c27-26(28,29)19-3-6-21-22(14-19)30-31-32(24(21)34)10-7-18(25(35)36)13-23(33)17-1-4-20(5-2-17)38-15-16-8-11-37-12-9-16/h1-6,14,16,18H,7-13,15H2,(H,35,36). The number of benzene rings is 2. The van der Waals surface area contributed by atoms with Gasteiger partial charge in [0, 0.05) is 31.7 Å². The lowest BCUT2D eigenvalue weighted by molar-refractivity contribution is -0.142. The molecular formula is C26H26F3N3O6. The molecule has 0 bridgehead atoms. The second-order valence-corrected chi connectivity index (χ2v) is 9.19. The van der Waals surface area contributed by atoms with Gasteiger partial charge >= 0.3 is 12.1 Å². The Hall–Kier alpha value is -3.80. The number of aromatic nitrogens is 3. The van der Waals surface area contributed by atoms with Crippen LogP contribution in [0, 0.1) is 11.8 Å². The van der Waals surface area contributed by atoms with Crippen molar-refractivity contribution in [2.75, 3.05) is 19.8 Å². The van der Waals surface area contributed by atoms with E-state index in [1.54, 1.807) is 24.3 Å². The molecule has 1 saturated heterocycles. The second-order valence-electron chi connectivity index (χ2n) is 9.19. The summed E-state index contributed by atoms with van der Waals surface area (Å²) in [5.74, 6) is -1.68. The lowest BCUT2D eigenvalue weighted by Crippen LogP contribution is -2.27. The Kier molecular flexibility index (Phi) is 8.40. The molecule has 2 heterocycles. The molecule has 0 aliphatic carbocycles. The van der Waals surface area contributed by atoms with Crippen molar-refractivity contribution in [2.45, 2.75) is 38.4 Å². The molecule has 1 unspecified atom stereocenters. The van der Waals surface area contributed by atoms with Crippen LogP contribution in [0.5, 0.6) is 5.75 Å². The zero-order valence-corrected chi connectivity index (χ0v) is 20.3. The van der Waals surface area contributed by atoms with Crippen LogP contribution in [0.25, 0.3) is 10.9 Å². The van der Waals surface area contributed by atoms with Crippen molar-refractivity contribution in [3.8, 4) is 5.75 Å².